The second-order valence-corrected chi connectivity index (χ2v) is 9.18. The summed E-state index contributed by atoms with van der Waals surface area (Å²) in [5.74, 6) is -0.929. The molecule has 1 aliphatic rings. The lowest BCUT2D eigenvalue weighted by molar-refractivity contribution is -0.113. The molecule has 0 radical (unpaired) electrons. The molecule has 0 bridgehead atoms. The molecule has 33 heavy (non-hydrogen) atoms. The van der Waals surface area contributed by atoms with Crippen LogP contribution in [-0.2, 0) is 29.0 Å². The Morgan fingerprint density at radius 3 is 2.88 bits per heavy atom. The Bertz CT molecular complexity index is 1150. The summed E-state index contributed by atoms with van der Waals surface area (Å²) in [5.41, 5.74) is 1.46. The number of benzene rings is 1. The summed E-state index contributed by atoms with van der Waals surface area (Å²) in [5, 5.41) is 11.3. The maximum atomic E-state index is 13.6. The third kappa shape index (κ3) is 5.72. The number of anilines is 1. The number of aryl methyl sites for hydroxylation is 1. The van der Waals surface area contributed by atoms with Crippen LogP contribution in [0.15, 0.2) is 33.9 Å². The van der Waals surface area contributed by atoms with Crippen molar-refractivity contribution in [2.45, 2.75) is 44.4 Å². The van der Waals surface area contributed by atoms with Crippen molar-refractivity contribution < 1.29 is 27.9 Å². The summed E-state index contributed by atoms with van der Waals surface area (Å²) in [6, 6.07) is 6.01. The van der Waals surface area contributed by atoms with Crippen molar-refractivity contribution in [1.29, 1.82) is 0 Å². The molecular weight excluding hydrogens is 469 g/mol. The minimum atomic E-state index is -0.485. The minimum Gasteiger partial charge on any atom is -0.481 e. The number of thiophene rings is 1. The Hall–Kier alpha value is -2.92. The fraction of sp³-hybridized carbons (Fsp3) is 0.364. The average molecular weight is 492 g/mol. The van der Waals surface area contributed by atoms with Crippen molar-refractivity contribution in [3.05, 3.63) is 52.0 Å². The number of para-hydroxylation sites is 1. The molecule has 2 aromatic heterocycles. The van der Waals surface area contributed by atoms with Crippen molar-refractivity contribution >= 4 is 40.0 Å². The van der Waals surface area contributed by atoms with E-state index in [1.54, 1.807) is 19.1 Å². The standard InChI is InChI=1S/C22H22FN3O5S2/c1-2-29-21(28)19-13-7-3-6-10-16(13)33-20(19)24-17(27)12-32-22-26-25-18(31-22)11-30-15-9-5-4-8-14(15)23/h4-5,8-9H,2-3,6-7,10-12H2,1H3,(H,24,27). The molecule has 2 heterocycles. The topological polar surface area (TPSA) is 104 Å². The molecule has 0 aliphatic heterocycles. The number of esters is 1. The van der Waals surface area contributed by atoms with Gasteiger partial charge in [-0.3, -0.25) is 4.79 Å². The fourth-order valence-corrected chi connectivity index (χ4v) is 5.29. The smallest absolute Gasteiger partial charge is 0.341 e. The SMILES string of the molecule is CCOC(=O)c1c(NC(=O)CSc2nnc(COc3ccccc3F)o2)sc2c1CCCC2. The lowest BCUT2D eigenvalue weighted by atomic mass is 9.95. The molecule has 3 aromatic rings. The van der Waals surface area contributed by atoms with E-state index in [-0.39, 0.29) is 41.7 Å². The highest BCUT2D eigenvalue weighted by atomic mass is 32.2. The lowest BCUT2D eigenvalue weighted by Gasteiger charge is -2.12. The number of carbonyl (C=O) groups excluding carboxylic acids is 2. The Kier molecular flexibility index (Phi) is 7.61. The first-order valence-corrected chi connectivity index (χ1v) is 12.3. The number of amides is 1. The summed E-state index contributed by atoms with van der Waals surface area (Å²) < 4.78 is 29.6. The van der Waals surface area contributed by atoms with Crippen LogP contribution in [0.5, 0.6) is 5.75 Å². The van der Waals surface area contributed by atoms with E-state index in [1.165, 1.54) is 23.5 Å². The molecule has 4 rings (SSSR count). The van der Waals surface area contributed by atoms with Crippen molar-refractivity contribution in [3.63, 3.8) is 0 Å². The number of carbonyl (C=O) groups is 2. The van der Waals surface area contributed by atoms with Crippen LogP contribution >= 0.6 is 23.1 Å². The monoisotopic (exact) mass is 491 g/mol. The van der Waals surface area contributed by atoms with Gasteiger partial charge in [-0.1, -0.05) is 23.9 Å². The molecule has 0 unspecified atom stereocenters. The van der Waals surface area contributed by atoms with Gasteiger partial charge in [0.25, 0.3) is 11.1 Å². The quantitative estimate of drug-likeness (QED) is 0.341. The van der Waals surface area contributed by atoms with Gasteiger partial charge in [0.15, 0.2) is 18.2 Å². The van der Waals surface area contributed by atoms with Crippen LogP contribution in [-0.4, -0.2) is 34.4 Å². The van der Waals surface area contributed by atoms with Crippen LogP contribution in [0.4, 0.5) is 9.39 Å². The van der Waals surface area contributed by atoms with Gasteiger partial charge in [-0.15, -0.1) is 21.5 Å². The Morgan fingerprint density at radius 2 is 2.06 bits per heavy atom. The van der Waals surface area contributed by atoms with E-state index >= 15 is 0 Å². The van der Waals surface area contributed by atoms with Gasteiger partial charge in [0.1, 0.15) is 5.00 Å². The van der Waals surface area contributed by atoms with Gasteiger partial charge in [0.05, 0.1) is 17.9 Å². The molecule has 1 N–H and O–H groups in total. The number of halogens is 1. The van der Waals surface area contributed by atoms with Gasteiger partial charge in [-0.05, 0) is 50.3 Å². The molecule has 174 valence electrons. The van der Waals surface area contributed by atoms with E-state index < -0.39 is 11.8 Å². The number of thioether (sulfide) groups is 1. The molecule has 8 nitrogen and oxygen atoms in total. The predicted octanol–water partition coefficient (Wildman–Crippen LogP) is 4.64. The lowest BCUT2D eigenvalue weighted by Crippen LogP contribution is -2.17. The van der Waals surface area contributed by atoms with Crippen LogP contribution in [0.3, 0.4) is 0 Å². The van der Waals surface area contributed by atoms with Crippen LogP contribution in [0.1, 0.15) is 46.5 Å². The highest BCUT2D eigenvalue weighted by Gasteiger charge is 2.27. The van der Waals surface area contributed by atoms with E-state index in [1.807, 2.05) is 0 Å². The number of hydrogen-bond donors (Lipinski definition) is 1. The average Bonchev–Trinajstić information content (AvgIpc) is 3.41. The summed E-state index contributed by atoms with van der Waals surface area (Å²) >= 11 is 2.49. The zero-order valence-corrected chi connectivity index (χ0v) is 19.5. The Balaban J connectivity index is 1.34. The van der Waals surface area contributed by atoms with Crippen molar-refractivity contribution in [2.75, 3.05) is 17.7 Å². The van der Waals surface area contributed by atoms with Crippen LogP contribution in [0.25, 0.3) is 0 Å². The van der Waals surface area contributed by atoms with Gasteiger partial charge in [-0.25, -0.2) is 9.18 Å². The number of aromatic nitrogens is 2. The molecule has 0 spiro atoms. The summed E-state index contributed by atoms with van der Waals surface area (Å²) in [6.45, 7) is 1.93. The third-order valence-corrected chi connectivity index (χ3v) is 6.89. The van der Waals surface area contributed by atoms with E-state index in [2.05, 4.69) is 15.5 Å². The second-order valence-electron chi connectivity index (χ2n) is 7.15. The highest BCUT2D eigenvalue weighted by molar-refractivity contribution is 7.99. The van der Waals surface area contributed by atoms with Gasteiger partial charge < -0.3 is 19.2 Å². The van der Waals surface area contributed by atoms with Crippen LogP contribution in [0, 0.1) is 5.82 Å². The van der Waals surface area contributed by atoms with E-state index in [0.29, 0.717) is 10.6 Å². The molecule has 0 atom stereocenters. The summed E-state index contributed by atoms with van der Waals surface area (Å²) in [4.78, 5) is 26.2. The van der Waals surface area contributed by atoms with Gasteiger partial charge >= 0.3 is 5.97 Å². The van der Waals surface area contributed by atoms with E-state index in [4.69, 9.17) is 13.9 Å². The molecule has 1 aliphatic carbocycles. The zero-order chi connectivity index (χ0) is 23.2. The number of rotatable bonds is 9. The predicted molar refractivity (Wildman–Crippen MR) is 121 cm³/mol. The first-order valence-electron chi connectivity index (χ1n) is 10.5. The molecule has 11 heteroatoms. The van der Waals surface area contributed by atoms with Gasteiger partial charge in [0, 0.05) is 4.88 Å². The largest absolute Gasteiger partial charge is 0.481 e. The van der Waals surface area contributed by atoms with E-state index in [9.17, 15) is 14.0 Å². The Labute approximate surface area is 197 Å². The van der Waals surface area contributed by atoms with Crippen molar-refractivity contribution in [3.8, 4) is 5.75 Å². The fourth-order valence-electron chi connectivity index (χ4n) is 3.42. The molecule has 0 saturated carbocycles. The van der Waals surface area contributed by atoms with E-state index in [0.717, 1.165) is 47.9 Å². The molecule has 0 fully saturated rings. The second kappa shape index (κ2) is 10.8. The van der Waals surface area contributed by atoms with Crippen molar-refractivity contribution in [2.24, 2.45) is 0 Å². The van der Waals surface area contributed by atoms with Gasteiger partial charge in [-0.2, -0.15) is 0 Å². The molecular formula is C22H22FN3O5S2. The molecule has 1 aromatic carbocycles. The first kappa shape index (κ1) is 23.2. The first-order chi connectivity index (χ1) is 16.0. The highest BCUT2D eigenvalue weighted by Crippen LogP contribution is 2.38. The minimum absolute atomic E-state index is 0.0145. The molecule has 0 saturated heterocycles. The van der Waals surface area contributed by atoms with Gasteiger partial charge in [0.2, 0.25) is 5.91 Å². The maximum absolute atomic E-state index is 13.6. The van der Waals surface area contributed by atoms with Crippen LogP contribution in [0.2, 0.25) is 0 Å². The number of fused-ring (bicyclic) bond motifs is 1. The maximum Gasteiger partial charge on any atom is 0.341 e. The number of hydrogen-bond acceptors (Lipinski definition) is 9. The molecule has 1 amide bonds. The third-order valence-electron chi connectivity index (χ3n) is 4.87. The number of ether oxygens (including phenoxy) is 2. The summed E-state index contributed by atoms with van der Waals surface area (Å²) in [7, 11) is 0. The Morgan fingerprint density at radius 1 is 1.24 bits per heavy atom. The zero-order valence-electron chi connectivity index (χ0n) is 17.9. The summed E-state index contributed by atoms with van der Waals surface area (Å²) in [6.07, 6.45) is 3.79. The normalized spacial score (nSPS) is 12.8. The van der Waals surface area contributed by atoms with Crippen LogP contribution < -0.4 is 10.1 Å². The number of nitrogens with zero attached hydrogens (tertiary/aromatic N) is 2. The number of nitrogens with one attached hydrogen (secondary N) is 1. The van der Waals surface area contributed by atoms with Crippen molar-refractivity contribution in [1.82, 2.24) is 10.2 Å².